The summed E-state index contributed by atoms with van der Waals surface area (Å²) in [5, 5.41) is 0. The monoisotopic (exact) mass is 254 g/mol. The Hall–Kier alpha value is -1.03. The number of sulfone groups is 1. The molecule has 3 nitrogen and oxygen atoms in total. The average Bonchev–Trinajstić information content (AvgIpc) is 2.54. The van der Waals surface area contributed by atoms with Gasteiger partial charge < -0.3 is 4.74 Å². The van der Waals surface area contributed by atoms with E-state index in [1.165, 1.54) is 0 Å². The maximum Gasteiger partial charge on any atom is 0.179 e. The van der Waals surface area contributed by atoms with Crippen molar-refractivity contribution in [2.45, 2.75) is 38.0 Å². The summed E-state index contributed by atoms with van der Waals surface area (Å²) in [6.07, 6.45) is 0.614. The fraction of sp³-hybridized carbons (Fsp3) is 0.538. The predicted octanol–water partition coefficient (Wildman–Crippen LogP) is 2.46. The van der Waals surface area contributed by atoms with E-state index in [-0.39, 0.29) is 11.7 Å². The van der Waals surface area contributed by atoms with E-state index in [4.69, 9.17) is 4.74 Å². The lowest BCUT2D eigenvalue weighted by Gasteiger charge is -2.17. The second kappa shape index (κ2) is 4.02. The first-order valence-electron chi connectivity index (χ1n) is 5.81. The molecule has 0 bridgehead atoms. The van der Waals surface area contributed by atoms with E-state index < -0.39 is 9.84 Å². The van der Waals surface area contributed by atoms with Crippen molar-refractivity contribution in [3.05, 3.63) is 22.8 Å². The summed E-state index contributed by atoms with van der Waals surface area (Å²) in [5.74, 6) is 1.32. The van der Waals surface area contributed by atoms with Gasteiger partial charge in [0.2, 0.25) is 0 Å². The van der Waals surface area contributed by atoms with Gasteiger partial charge in [0.15, 0.2) is 9.84 Å². The second-order valence-corrected chi connectivity index (χ2v) is 6.89. The molecule has 1 aromatic rings. The second-order valence-electron chi connectivity index (χ2n) is 4.84. The molecule has 0 N–H and O–H groups in total. The Morgan fingerprint density at radius 1 is 1.35 bits per heavy atom. The summed E-state index contributed by atoms with van der Waals surface area (Å²) >= 11 is 0. The number of hydrogen-bond acceptors (Lipinski definition) is 3. The molecule has 1 aliphatic rings. The van der Waals surface area contributed by atoms with Crippen molar-refractivity contribution in [3.8, 4) is 5.75 Å². The molecule has 0 saturated carbocycles. The van der Waals surface area contributed by atoms with Crippen LogP contribution in [0.25, 0.3) is 0 Å². The molecule has 1 aromatic carbocycles. The maximum absolute atomic E-state index is 12.0. The van der Waals surface area contributed by atoms with E-state index in [1.54, 1.807) is 7.11 Å². The Balaban J connectivity index is 2.82. The fourth-order valence-electron chi connectivity index (χ4n) is 2.67. The van der Waals surface area contributed by atoms with E-state index >= 15 is 0 Å². The van der Waals surface area contributed by atoms with Gasteiger partial charge in [-0.3, -0.25) is 0 Å². The highest BCUT2D eigenvalue weighted by Crippen LogP contribution is 2.40. The van der Waals surface area contributed by atoms with Crippen molar-refractivity contribution < 1.29 is 13.2 Å². The van der Waals surface area contributed by atoms with Crippen LogP contribution in [0, 0.1) is 6.92 Å². The molecule has 0 unspecified atom stereocenters. The zero-order valence-electron chi connectivity index (χ0n) is 10.7. The van der Waals surface area contributed by atoms with Gasteiger partial charge >= 0.3 is 0 Å². The first-order valence-corrected chi connectivity index (χ1v) is 7.47. The van der Waals surface area contributed by atoms with Crippen LogP contribution in [0.1, 0.15) is 36.5 Å². The van der Waals surface area contributed by atoms with Crippen LogP contribution in [0.2, 0.25) is 0 Å². The smallest absolute Gasteiger partial charge is 0.179 e. The van der Waals surface area contributed by atoms with Gasteiger partial charge in [0, 0.05) is 5.56 Å². The lowest BCUT2D eigenvalue weighted by Crippen LogP contribution is -2.04. The van der Waals surface area contributed by atoms with Crippen molar-refractivity contribution in [2.75, 3.05) is 12.9 Å². The summed E-state index contributed by atoms with van der Waals surface area (Å²) < 4.78 is 29.4. The molecule has 1 aliphatic heterocycles. The van der Waals surface area contributed by atoms with Crippen LogP contribution in [-0.2, 0) is 16.3 Å². The van der Waals surface area contributed by atoms with Crippen molar-refractivity contribution in [2.24, 2.45) is 0 Å². The highest BCUT2D eigenvalue weighted by atomic mass is 32.2. The number of ether oxygens (including phenoxy) is 1. The minimum atomic E-state index is -3.07. The van der Waals surface area contributed by atoms with Gasteiger partial charge in [0.25, 0.3) is 0 Å². The molecular formula is C13H18O3S. The first-order chi connectivity index (χ1) is 7.88. The molecule has 4 heteroatoms. The molecule has 0 spiro atoms. The van der Waals surface area contributed by atoms with Gasteiger partial charge in [-0.25, -0.2) is 8.42 Å². The standard InChI is InChI=1S/C13H18O3S/c1-8(2)12-10-5-6-17(14,15)13(10)9(3)7-11(12)16-4/h7-8H,5-6H2,1-4H3. The zero-order valence-corrected chi connectivity index (χ0v) is 11.5. The number of methoxy groups -OCH3 is 1. The summed E-state index contributed by atoms with van der Waals surface area (Å²) in [6.45, 7) is 5.98. The molecule has 0 fully saturated rings. The Morgan fingerprint density at radius 3 is 2.53 bits per heavy atom. The topological polar surface area (TPSA) is 43.4 Å². The van der Waals surface area contributed by atoms with E-state index in [1.807, 2.05) is 13.0 Å². The number of rotatable bonds is 2. The van der Waals surface area contributed by atoms with Gasteiger partial charge in [-0.2, -0.15) is 0 Å². The van der Waals surface area contributed by atoms with Gasteiger partial charge in [0.1, 0.15) is 5.75 Å². The molecule has 0 aromatic heterocycles. The van der Waals surface area contributed by atoms with E-state index in [0.717, 1.165) is 22.4 Å². The molecule has 0 radical (unpaired) electrons. The summed E-state index contributed by atoms with van der Waals surface area (Å²) in [5.41, 5.74) is 2.82. The Morgan fingerprint density at radius 2 is 2.00 bits per heavy atom. The quantitative estimate of drug-likeness (QED) is 0.814. The van der Waals surface area contributed by atoms with Crippen LogP contribution >= 0.6 is 0 Å². The van der Waals surface area contributed by atoms with Gasteiger partial charge in [0.05, 0.1) is 17.8 Å². The highest BCUT2D eigenvalue weighted by molar-refractivity contribution is 7.91. The molecule has 17 heavy (non-hydrogen) atoms. The third kappa shape index (κ3) is 1.84. The highest BCUT2D eigenvalue weighted by Gasteiger charge is 2.32. The SMILES string of the molecule is COc1cc(C)c2c(c1C(C)C)CCS2(=O)=O. The number of hydrogen-bond donors (Lipinski definition) is 0. The van der Waals surface area contributed by atoms with Crippen LogP contribution in [-0.4, -0.2) is 21.3 Å². The van der Waals surface area contributed by atoms with Crippen molar-refractivity contribution in [3.63, 3.8) is 0 Å². The van der Waals surface area contributed by atoms with Crippen LogP contribution in [0.4, 0.5) is 0 Å². The number of aryl methyl sites for hydroxylation is 1. The molecule has 0 saturated heterocycles. The summed E-state index contributed by atoms with van der Waals surface area (Å²) in [6, 6.07) is 1.84. The maximum atomic E-state index is 12.0. The lowest BCUT2D eigenvalue weighted by atomic mass is 9.93. The normalized spacial score (nSPS) is 17.2. The van der Waals surface area contributed by atoms with Crippen LogP contribution in [0.5, 0.6) is 5.75 Å². The number of fused-ring (bicyclic) bond motifs is 1. The first kappa shape index (κ1) is 12.4. The molecule has 2 rings (SSSR count). The molecule has 94 valence electrons. The fourth-order valence-corrected chi connectivity index (χ4v) is 4.48. The third-order valence-corrected chi connectivity index (χ3v) is 5.23. The van der Waals surface area contributed by atoms with E-state index in [9.17, 15) is 8.42 Å². The lowest BCUT2D eigenvalue weighted by molar-refractivity contribution is 0.406. The summed E-state index contributed by atoms with van der Waals surface area (Å²) in [7, 11) is -1.44. The summed E-state index contributed by atoms with van der Waals surface area (Å²) in [4.78, 5) is 0.544. The van der Waals surface area contributed by atoms with Crippen molar-refractivity contribution >= 4 is 9.84 Å². The third-order valence-electron chi connectivity index (χ3n) is 3.30. The minimum absolute atomic E-state index is 0.232. The Labute approximate surface area is 103 Å². The molecule has 1 heterocycles. The minimum Gasteiger partial charge on any atom is -0.496 e. The van der Waals surface area contributed by atoms with Gasteiger partial charge in [-0.15, -0.1) is 0 Å². The molecule has 0 amide bonds. The van der Waals surface area contributed by atoms with Crippen molar-refractivity contribution in [1.82, 2.24) is 0 Å². The van der Waals surface area contributed by atoms with Crippen molar-refractivity contribution in [1.29, 1.82) is 0 Å². The van der Waals surface area contributed by atoms with E-state index in [2.05, 4.69) is 13.8 Å². The Bertz CT molecular complexity index is 557. The molecule has 0 atom stereocenters. The predicted molar refractivity (Wildman–Crippen MR) is 67.6 cm³/mol. The van der Waals surface area contributed by atoms with E-state index in [0.29, 0.717) is 11.3 Å². The number of benzene rings is 1. The van der Waals surface area contributed by atoms with Crippen LogP contribution in [0.15, 0.2) is 11.0 Å². The van der Waals surface area contributed by atoms with Gasteiger partial charge in [-0.05, 0) is 36.5 Å². The van der Waals surface area contributed by atoms with Crippen LogP contribution in [0.3, 0.4) is 0 Å². The molecule has 0 aliphatic carbocycles. The zero-order chi connectivity index (χ0) is 12.8. The van der Waals surface area contributed by atoms with Gasteiger partial charge in [-0.1, -0.05) is 13.8 Å². The largest absolute Gasteiger partial charge is 0.496 e. The molecular weight excluding hydrogens is 236 g/mol. The van der Waals surface area contributed by atoms with Crippen LogP contribution < -0.4 is 4.74 Å². The average molecular weight is 254 g/mol. The Kier molecular flexibility index (Phi) is 2.94.